The molecule has 0 aliphatic heterocycles. The first kappa shape index (κ1) is 15.6. The molecule has 0 amide bonds. The molecule has 1 heterocycles. The van der Waals surface area contributed by atoms with Gasteiger partial charge in [0.2, 0.25) is 5.89 Å². The molecule has 0 spiro atoms. The van der Waals surface area contributed by atoms with Crippen molar-refractivity contribution in [2.45, 2.75) is 50.5 Å². The summed E-state index contributed by atoms with van der Waals surface area (Å²) >= 11 is 0. The number of fused-ring (bicyclic) bond motifs is 1. The van der Waals surface area contributed by atoms with Crippen molar-refractivity contribution in [1.29, 1.82) is 0 Å². The Balaban J connectivity index is 1.60. The van der Waals surface area contributed by atoms with Gasteiger partial charge in [-0.15, -0.1) is 0 Å². The zero-order chi connectivity index (χ0) is 16.9. The molecule has 4 rings (SSSR count). The van der Waals surface area contributed by atoms with Crippen molar-refractivity contribution in [1.82, 2.24) is 10.1 Å². The monoisotopic (exact) mass is 327 g/mol. The minimum Gasteiger partial charge on any atom is -0.496 e. The number of nitrogens with two attached hydrogens (primary N) is 1. The number of methoxy groups -OCH3 is 1. The first-order valence-electron chi connectivity index (χ1n) is 8.74. The lowest BCUT2D eigenvalue weighted by Crippen LogP contribution is -2.44. The maximum Gasteiger partial charge on any atom is 0.229 e. The molecule has 2 aliphatic carbocycles. The first-order valence-corrected chi connectivity index (χ1v) is 8.74. The molecule has 5 nitrogen and oxygen atoms in total. The summed E-state index contributed by atoms with van der Waals surface area (Å²) in [6.07, 6.45) is 3.37. The normalized spacial score (nSPS) is 29.2. The Morgan fingerprint density at radius 1 is 1.21 bits per heavy atom. The fourth-order valence-corrected chi connectivity index (χ4v) is 4.42. The van der Waals surface area contributed by atoms with Gasteiger partial charge in [0.25, 0.3) is 0 Å². The van der Waals surface area contributed by atoms with E-state index >= 15 is 0 Å². The molecular weight excluding hydrogens is 302 g/mol. The van der Waals surface area contributed by atoms with Gasteiger partial charge in [0.15, 0.2) is 5.82 Å². The summed E-state index contributed by atoms with van der Waals surface area (Å²) in [5, 5.41) is 4.30. The summed E-state index contributed by atoms with van der Waals surface area (Å²) in [6, 6.07) is 8.37. The predicted octanol–water partition coefficient (Wildman–Crippen LogP) is 3.24. The molecule has 128 valence electrons. The third kappa shape index (κ3) is 2.34. The summed E-state index contributed by atoms with van der Waals surface area (Å²) in [4.78, 5) is 4.76. The highest BCUT2D eigenvalue weighted by Crippen LogP contribution is 2.52. The van der Waals surface area contributed by atoms with Crippen molar-refractivity contribution in [3.63, 3.8) is 0 Å². The van der Waals surface area contributed by atoms with Crippen LogP contribution in [-0.2, 0) is 5.41 Å². The van der Waals surface area contributed by atoms with E-state index in [0.717, 1.165) is 42.4 Å². The van der Waals surface area contributed by atoms with Gasteiger partial charge in [-0.2, -0.15) is 4.98 Å². The van der Waals surface area contributed by atoms with E-state index in [2.05, 4.69) is 25.1 Å². The Hall–Kier alpha value is -1.88. The van der Waals surface area contributed by atoms with E-state index in [1.165, 1.54) is 0 Å². The van der Waals surface area contributed by atoms with Gasteiger partial charge in [0, 0.05) is 17.5 Å². The van der Waals surface area contributed by atoms with Crippen LogP contribution in [0.15, 0.2) is 28.8 Å². The van der Waals surface area contributed by atoms with E-state index in [4.69, 9.17) is 20.0 Å². The van der Waals surface area contributed by atoms with E-state index in [0.29, 0.717) is 23.7 Å². The highest BCUT2D eigenvalue weighted by atomic mass is 16.5. The third-order valence-corrected chi connectivity index (χ3v) is 6.00. The van der Waals surface area contributed by atoms with E-state index in [9.17, 15) is 0 Å². The predicted molar refractivity (Wildman–Crippen MR) is 91.0 cm³/mol. The molecule has 1 aromatic carbocycles. The van der Waals surface area contributed by atoms with Crippen LogP contribution in [0.3, 0.4) is 0 Å². The Bertz CT molecular complexity index is 740. The smallest absolute Gasteiger partial charge is 0.229 e. The highest BCUT2D eigenvalue weighted by Gasteiger charge is 2.48. The number of hydrogen-bond acceptors (Lipinski definition) is 5. The second-order valence-electron chi connectivity index (χ2n) is 7.77. The fourth-order valence-electron chi connectivity index (χ4n) is 4.42. The van der Waals surface area contributed by atoms with Crippen molar-refractivity contribution in [2.75, 3.05) is 7.11 Å². The largest absolute Gasteiger partial charge is 0.496 e. The van der Waals surface area contributed by atoms with Crippen LogP contribution in [0.1, 0.15) is 56.3 Å². The number of nitrogens with zero attached hydrogens (tertiary/aromatic N) is 2. The van der Waals surface area contributed by atoms with E-state index in [1.54, 1.807) is 7.11 Å². The van der Waals surface area contributed by atoms with Crippen molar-refractivity contribution in [3.8, 4) is 5.75 Å². The molecule has 1 aromatic heterocycles. The molecule has 2 aromatic rings. The van der Waals surface area contributed by atoms with E-state index in [1.807, 2.05) is 18.2 Å². The molecule has 0 bridgehead atoms. The molecule has 24 heavy (non-hydrogen) atoms. The van der Waals surface area contributed by atoms with Crippen LogP contribution in [0.2, 0.25) is 0 Å². The maximum absolute atomic E-state index is 6.11. The van der Waals surface area contributed by atoms with Crippen LogP contribution in [-0.4, -0.2) is 23.3 Å². The summed E-state index contributed by atoms with van der Waals surface area (Å²) in [5.74, 6) is 4.09. The number of hydrogen-bond donors (Lipinski definition) is 1. The quantitative estimate of drug-likeness (QED) is 0.933. The lowest BCUT2D eigenvalue weighted by atomic mass is 9.72. The van der Waals surface area contributed by atoms with Gasteiger partial charge < -0.3 is 15.0 Å². The molecule has 0 saturated heterocycles. The van der Waals surface area contributed by atoms with Crippen LogP contribution in [0.4, 0.5) is 0 Å². The van der Waals surface area contributed by atoms with Gasteiger partial charge in [-0.25, -0.2) is 0 Å². The van der Waals surface area contributed by atoms with Gasteiger partial charge in [-0.3, -0.25) is 0 Å². The zero-order valence-corrected chi connectivity index (χ0v) is 14.5. The minimum absolute atomic E-state index is 0.364. The number of ether oxygens (including phenoxy) is 1. The van der Waals surface area contributed by atoms with Crippen LogP contribution in [0.5, 0.6) is 5.75 Å². The van der Waals surface area contributed by atoms with Gasteiger partial charge in [-0.05, 0) is 51.0 Å². The van der Waals surface area contributed by atoms with Crippen molar-refractivity contribution in [2.24, 2.45) is 17.6 Å². The molecule has 0 radical (unpaired) electrons. The van der Waals surface area contributed by atoms with Gasteiger partial charge >= 0.3 is 0 Å². The van der Waals surface area contributed by atoms with Gasteiger partial charge in [0.1, 0.15) is 5.75 Å². The van der Waals surface area contributed by atoms with Crippen LogP contribution < -0.4 is 10.5 Å². The molecule has 2 N–H and O–H groups in total. The Labute approximate surface area is 142 Å². The summed E-state index contributed by atoms with van der Waals surface area (Å²) < 4.78 is 11.2. The highest BCUT2D eigenvalue weighted by molar-refractivity contribution is 5.42. The van der Waals surface area contributed by atoms with E-state index in [-0.39, 0.29) is 5.41 Å². The number of aromatic nitrogens is 2. The number of benzene rings is 1. The van der Waals surface area contributed by atoms with Crippen LogP contribution in [0, 0.1) is 11.8 Å². The van der Waals surface area contributed by atoms with Crippen LogP contribution in [0.25, 0.3) is 0 Å². The minimum atomic E-state index is -0.373. The second-order valence-corrected chi connectivity index (χ2v) is 7.77. The fraction of sp³-hybridized carbons (Fsp3) is 0.579. The van der Waals surface area contributed by atoms with Crippen molar-refractivity contribution < 1.29 is 9.26 Å². The molecule has 2 aliphatic rings. The SMILES string of the molecule is COc1ccccc1C(C)(C)c1noc(C2C[C@H]3C[C@@H](N)[C@H]3C2)n1. The van der Waals surface area contributed by atoms with Crippen molar-refractivity contribution >= 4 is 0 Å². The molecule has 1 unspecified atom stereocenters. The number of rotatable bonds is 4. The molecular formula is C19H25N3O2. The lowest BCUT2D eigenvalue weighted by Gasteiger charge is -2.37. The molecule has 4 atom stereocenters. The lowest BCUT2D eigenvalue weighted by molar-refractivity contribution is 0.173. The molecule has 2 fully saturated rings. The third-order valence-electron chi connectivity index (χ3n) is 6.00. The van der Waals surface area contributed by atoms with Gasteiger partial charge in [0.05, 0.1) is 12.5 Å². The number of para-hydroxylation sites is 1. The summed E-state index contributed by atoms with van der Waals surface area (Å²) in [7, 11) is 1.69. The zero-order valence-electron chi connectivity index (χ0n) is 14.5. The van der Waals surface area contributed by atoms with E-state index < -0.39 is 0 Å². The summed E-state index contributed by atoms with van der Waals surface area (Å²) in [5.41, 5.74) is 6.80. The standard InChI is InChI=1S/C19H25N3O2/c1-19(2,14-6-4-5-7-16(14)23-3)18-21-17(24-22-18)12-8-11-10-15(20)13(11)9-12/h4-7,11-13,15H,8-10,20H2,1-3H3/t11-,12?,13-,15+/m0/s1. The molecule has 5 heteroatoms. The van der Waals surface area contributed by atoms with Crippen molar-refractivity contribution in [3.05, 3.63) is 41.5 Å². The van der Waals surface area contributed by atoms with Crippen LogP contribution >= 0.6 is 0 Å². The van der Waals surface area contributed by atoms with Gasteiger partial charge in [-0.1, -0.05) is 23.4 Å². The summed E-state index contributed by atoms with van der Waals surface area (Å²) in [6.45, 7) is 4.21. The average Bonchev–Trinajstić information content (AvgIpc) is 3.19. The topological polar surface area (TPSA) is 74.2 Å². The second kappa shape index (κ2) is 5.59. The Morgan fingerprint density at radius 3 is 2.71 bits per heavy atom. The maximum atomic E-state index is 6.11. The Kier molecular flexibility index (Phi) is 3.64. The average molecular weight is 327 g/mol. The Morgan fingerprint density at radius 2 is 2.00 bits per heavy atom. The molecule has 2 saturated carbocycles. The first-order chi connectivity index (χ1) is 11.5.